The molecule has 1 fully saturated rings. The number of ether oxygens (including phenoxy) is 1. The van der Waals surface area contributed by atoms with Gasteiger partial charge in [-0.25, -0.2) is 0 Å². The summed E-state index contributed by atoms with van der Waals surface area (Å²) in [5, 5.41) is 0. The van der Waals surface area contributed by atoms with Crippen LogP contribution in [0.1, 0.15) is 11.1 Å². The van der Waals surface area contributed by atoms with Crippen LogP contribution in [0.15, 0.2) is 60.7 Å². The average Bonchev–Trinajstić information content (AvgIpc) is 2.61. The summed E-state index contributed by atoms with van der Waals surface area (Å²) in [5.41, 5.74) is 1.95. The van der Waals surface area contributed by atoms with Gasteiger partial charge in [-0.05, 0) is 25.2 Å². The average molecular weight is 310 g/mol. The first-order valence-corrected chi connectivity index (χ1v) is 8.23. The highest BCUT2D eigenvalue weighted by Gasteiger charge is 2.46. The van der Waals surface area contributed by atoms with Gasteiger partial charge in [0.25, 0.3) is 0 Å². The Labute approximate surface area is 139 Å². The highest BCUT2D eigenvalue weighted by atomic mass is 16.5. The molecule has 1 heterocycles. The van der Waals surface area contributed by atoms with Gasteiger partial charge in [0.2, 0.25) is 0 Å². The molecule has 0 aromatic heterocycles. The monoisotopic (exact) mass is 310 g/mol. The number of rotatable bonds is 4. The molecular weight excluding hydrogens is 284 g/mol. The summed E-state index contributed by atoms with van der Waals surface area (Å²) in [6, 6.07) is 21.5. The zero-order chi connectivity index (χ0) is 16.3. The van der Waals surface area contributed by atoms with E-state index in [9.17, 15) is 0 Å². The number of hydrogen-bond donors (Lipinski definition) is 0. The van der Waals surface area contributed by atoms with Crippen molar-refractivity contribution in [2.24, 2.45) is 0 Å². The van der Waals surface area contributed by atoms with Crippen molar-refractivity contribution in [3.05, 3.63) is 71.8 Å². The normalized spacial score (nSPS) is 20.6. The second-order valence-corrected chi connectivity index (χ2v) is 6.43. The number of piperazine rings is 1. The summed E-state index contributed by atoms with van der Waals surface area (Å²) in [6.45, 7) is 3.12. The molecule has 2 aromatic carbocycles. The fourth-order valence-corrected chi connectivity index (χ4v) is 3.74. The lowest BCUT2D eigenvalue weighted by Gasteiger charge is -2.49. The van der Waals surface area contributed by atoms with Crippen LogP contribution in [-0.4, -0.2) is 56.7 Å². The van der Waals surface area contributed by atoms with Gasteiger partial charge in [-0.15, -0.1) is 0 Å². The highest BCUT2D eigenvalue weighted by molar-refractivity contribution is 5.39. The van der Waals surface area contributed by atoms with E-state index in [1.165, 1.54) is 11.1 Å². The van der Waals surface area contributed by atoms with E-state index in [0.29, 0.717) is 0 Å². The lowest BCUT2D eigenvalue weighted by Crippen LogP contribution is -2.60. The molecule has 0 spiro atoms. The lowest BCUT2D eigenvalue weighted by atomic mass is 9.78. The standard InChI is InChI=1S/C20H26N2O/c1-21-14-15-22(2)19(16-21)20(23-3,17-10-6-4-7-11-17)18-12-8-5-9-13-18/h4-13,19H,14-16H2,1-3H3. The predicted octanol–water partition coefficient (Wildman–Crippen LogP) is 2.82. The van der Waals surface area contributed by atoms with Crippen molar-refractivity contribution < 1.29 is 4.74 Å². The minimum atomic E-state index is -0.466. The molecule has 3 nitrogen and oxygen atoms in total. The highest BCUT2D eigenvalue weighted by Crippen LogP contribution is 2.39. The molecule has 2 aromatic rings. The molecule has 122 valence electrons. The molecule has 0 radical (unpaired) electrons. The fraction of sp³-hybridized carbons (Fsp3) is 0.400. The Morgan fingerprint density at radius 1 is 0.870 bits per heavy atom. The number of likely N-dealkylation sites (N-methyl/N-ethyl adjacent to an activating group) is 2. The molecule has 0 bridgehead atoms. The van der Waals surface area contributed by atoms with E-state index in [1.54, 1.807) is 0 Å². The van der Waals surface area contributed by atoms with E-state index >= 15 is 0 Å². The number of nitrogens with zero attached hydrogens (tertiary/aromatic N) is 2. The lowest BCUT2D eigenvalue weighted by molar-refractivity contribution is -0.0720. The third kappa shape index (κ3) is 2.92. The number of hydrogen-bond acceptors (Lipinski definition) is 3. The van der Waals surface area contributed by atoms with E-state index in [0.717, 1.165) is 19.6 Å². The van der Waals surface area contributed by atoms with E-state index < -0.39 is 5.60 Å². The zero-order valence-electron chi connectivity index (χ0n) is 14.3. The van der Waals surface area contributed by atoms with Crippen LogP contribution in [0.25, 0.3) is 0 Å². The second-order valence-electron chi connectivity index (χ2n) is 6.43. The molecule has 0 aliphatic carbocycles. The van der Waals surface area contributed by atoms with Gasteiger partial charge in [-0.2, -0.15) is 0 Å². The Morgan fingerprint density at radius 3 is 1.87 bits per heavy atom. The van der Waals surface area contributed by atoms with Crippen LogP contribution in [0.5, 0.6) is 0 Å². The maximum absolute atomic E-state index is 6.30. The number of methoxy groups -OCH3 is 1. The molecule has 1 unspecified atom stereocenters. The van der Waals surface area contributed by atoms with Gasteiger partial charge in [0.1, 0.15) is 5.60 Å². The minimum absolute atomic E-state index is 0.260. The molecule has 3 heteroatoms. The van der Waals surface area contributed by atoms with Crippen molar-refractivity contribution in [3.8, 4) is 0 Å². The van der Waals surface area contributed by atoms with Crippen LogP contribution in [0.2, 0.25) is 0 Å². The third-order valence-corrected chi connectivity index (χ3v) is 5.05. The molecule has 0 saturated carbocycles. The zero-order valence-corrected chi connectivity index (χ0v) is 14.3. The maximum atomic E-state index is 6.30. The van der Waals surface area contributed by atoms with Crippen LogP contribution < -0.4 is 0 Å². The van der Waals surface area contributed by atoms with Crippen molar-refractivity contribution in [1.82, 2.24) is 9.80 Å². The molecule has 23 heavy (non-hydrogen) atoms. The van der Waals surface area contributed by atoms with E-state index in [4.69, 9.17) is 4.74 Å². The van der Waals surface area contributed by atoms with Gasteiger partial charge in [0, 0.05) is 26.7 Å². The molecular formula is C20H26N2O. The maximum Gasteiger partial charge on any atom is 0.134 e. The van der Waals surface area contributed by atoms with Crippen molar-refractivity contribution in [2.45, 2.75) is 11.6 Å². The van der Waals surface area contributed by atoms with Gasteiger partial charge in [0.05, 0.1) is 6.04 Å². The van der Waals surface area contributed by atoms with Gasteiger partial charge >= 0.3 is 0 Å². The van der Waals surface area contributed by atoms with Crippen LogP contribution >= 0.6 is 0 Å². The first-order valence-electron chi connectivity index (χ1n) is 8.23. The van der Waals surface area contributed by atoms with Gasteiger partial charge in [-0.3, -0.25) is 4.90 Å². The van der Waals surface area contributed by atoms with E-state index in [1.807, 2.05) is 7.11 Å². The number of benzene rings is 2. The fourth-order valence-electron chi connectivity index (χ4n) is 3.74. The summed E-state index contributed by atoms with van der Waals surface area (Å²) in [4.78, 5) is 4.83. The quantitative estimate of drug-likeness (QED) is 0.864. The van der Waals surface area contributed by atoms with Gasteiger partial charge in [-0.1, -0.05) is 60.7 Å². The van der Waals surface area contributed by atoms with Crippen molar-refractivity contribution >= 4 is 0 Å². The molecule has 0 amide bonds. The van der Waals surface area contributed by atoms with Gasteiger partial charge in [0.15, 0.2) is 0 Å². The Hall–Kier alpha value is -1.68. The Kier molecular flexibility index (Phi) is 4.81. The second kappa shape index (κ2) is 6.83. The van der Waals surface area contributed by atoms with Gasteiger partial charge < -0.3 is 9.64 Å². The van der Waals surface area contributed by atoms with Crippen LogP contribution in [0.4, 0.5) is 0 Å². The summed E-state index contributed by atoms with van der Waals surface area (Å²) in [5.74, 6) is 0. The Bertz CT molecular complexity index is 575. The molecule has 1 atom stereocenters. The first kappa shape index (κ1) is 16.2. The van der Waals surface area contributed by atoms with Crippen LogP contribution in [0.3, 0.4) is 0 Å². The molecule has 1 aliphatic heterocycles. The Morgan fingerprint density at radius 2 is 1.39 bits per heavy atom. The predicted molar refractivity (Wildman–Crippen MR) is 94.6 cm³/mol. The smallest absolute Gasteiger partial charge is 0.134 e. The Balaban J connectivity index is 2.16. The summed E-state index contributed by atoms with van der Waals surface area (Å²) in [6.07, 6.45) is 0. The third-order valence-electron chi connectivity index (χ3n) is 5.05. The SMILES string of the molecule is COC(c1ccccc1)(c1ccccc1)C1CN(C)CCN1C. The summed E-state index contributed by atoms with van der Waals surface area (Å²) >= 11 is 0. The summed E-state index contributed by atoms with van der Waals surface area (Å²) in [7, 11) is 6.23. The van der Waals surface area contributed by atoms with Crippen molar-refractivity contribution in [2.75, 3.05) is 40.8 Å². The molecule has 3 rings (SSSR count). The molecule has 1 aliphatic rings. The van der Waals surface area contributed by atoms with Crippen molar-refractivity contribution in [1.29, 1.82) is 0 Å². The minimum Gasteiger partial charge on any atom is -0.367 e. The first-order chi connectivity index (χ1) is 11.2. The summed E-state index contributed by atoms with van der Waals surface area (Å²) < 4.78 is 6.30. The largest absolute Gasteiger partial charge is 0.367 e. The van der Waals surface area contributed by atoms with Crippen LogP contribution in [-0.2, 0) is 10.3 Å². The van der Waals surface area contributed by atoms with E-state index in [2.05, 4.69) is 84.6 Å². The molecule has 0 N–H and O–H groups in total. The van der Waals surface area contributed by atoms with Crippen LogP contribution in [0, 0.1) is 0 Å². The topological polar surface area (TPSA) is 15.7 Å². The van der Waals surface area contributed by atoms with E-state index in [-0.39, 0.29) is 6.04 Å². The van der Waals surface area contributed by atoms with Crippen molar-refractivity contribution in [3.63, 3.8) is 0 Å². The molecule has 1 saturated heterocycles.